The lowest BCUT2D eigenvalue weighted by molar-refractivity contribution is 0.348. The van der Waals surface area contributed by atoms with E-state index in [-0.39, 0.29) is 21.7 Å². The number of aromatic hydroxyl groups is 1. The second-order valence-electron chi connectivity index (χ2n) is 20.2. The lowest BCUT2D eigenvalue weighted by Crippen LogP contribution is -2.21. The molecule has 0 aromatic heterocycles. The predicted octanol–water partition coefficient (Wildman–Crippen LogP) is 15.6. The van der Waals surface area contributed by atoms with Crippen molar-refractivity contribution in [2.45, 2.75) is 112 Å². The highest BCUT2D eigenvalue weighted by Crippen LogP contribution is 2.44. The Bertz CT molecular complexity index is 2340. The highest BCUT2D eigenvalue weighted by Gasteiger charge is 2.31. The van der Waals surface area contributed by atoms with Gasteiger partial charge in [-0.3, -0.25) is 0 Å². The number of nitrogens with zero attached hydrogens (tertiary/aromatic N) is 2. The second kappa shape index (κ2) is 17.9. The van der Waals surface area contributed by atoms with E-state index < -0.39 is 0 Å². The van der Waals surface area contributed by atoms with Crippen LogP contribution in [0.3, 0.4) is 0 Å². The van der Waals surface area contributed by atoms with E-state index in [0.717, 1.165) is 66.9 Å². The zero-order chi connectivity index (χ0) is 44.3. The van der Waals surface area contributed by atoms with E-state index >= 15 is 0 Å². The number of nitrogens with one attached hydrogen (secondary N) is 1. The number of hydrogen-bond acceptors (Lipinski definition) is 7. The van der Waals surface area contributed by atoms with Crippen molar-refractivity contribution >= 4 is 40.5 Å². The molecule has 320 valence electrons. The average molecular weight is 836 g/mol. The van der Waals surface area contributed by atoms with Crippen molar-refractivity contribution in [1.82, 2.24) is 0 Å². The SMILES string of the molecule is CC(C)(C)C1=CC(N(OSc2ccc(Nc3ccc(N(Cc4cc(C(C)(C)C)c(O)c(C(C)(C)C)c4)c4ccccc4)cc3)cc2)c2ccccc2)=CCC(C(C)(C)C)=C1O. The van der Waals surface area contributed by atoms with Crippen molar-refractivity contribution < 1.29 is 14.5 Å². The van der Waals surface area contributed by atoms with Gasteiger partial charge in [0, 0.05) is 39.8 Å². The number of allylic oxidation sites excluding steroid dienone is 4. The standard InChI is InChI=1S/C54H65N3O3S/c1-51(2,3)45-32-29-43(35-48(49(45)58)54(10,11)12)57(42-21-17-14-18-22-42)60-61-44-30-25-39(26-31-44)55-38-23-27-41(28-24-38)56(40-19-15-13-16-20-40)36-37-33-46(52(4,5)6)50(59)47(34-37)53(7,8)9/h13-31,33-35,55,58-59H,32,36H2,1-12H3. The molecule has 0 amide bonds. The molecule has 7 heteroatoms. The van der Waals surface area contributed by atoms with E-state index in [0.29, 0.717) is 24.5 Å². The summed E-state index contributed by atoms with van der Waals surface area (Å²) in [4.78, 5) is 3.28. The van der Waals surface area contributed by atoms with Gasteiger partial charge in [-0.05, 0) is 141 Å². The minimum atomic E-state index is -0.287. The van der Waals surface area contributed by atoms with Crippen LogP contribution in [0.2, 0.25) is 0 Å². The van der Waals surface area contributed by atoms with Crippen LogP contribution >= 0.6 is 12.0 Å². The van der Waals surface area contributed by atoms with E-state index in [2.05, 4.69) is 190 Å². The van der Waals surface area contributed by atoms with Gasteiger partial charge in [-0.25, -0.2) is 5.06 Å². The summed E-state index contributed by atoms with van der Waals surface area (Å²) in [5.41, 5.74) is 9.93. The Kier molecular flexibility index (Phi) is 13.3. The molecule has 1 aliphatic rings. The molecular formula is C54H65N3O3S. The van der Waals surface area contributed by atoms with E-state index in [1.165, 1.54) is 12.0 Å². The molecular weight excluding hydrogens is 771 g/mol. The number of aliphatic hydroxyl groups is 1. The van der Waals surface area contributed by atoms with Gasteiger partial charge in [0.1, 0.15) is 11.5 Å². The molecule has 6 rings (SSSR count). The molecule has 0 aliphatic heterocycles. The van der Waals surface area contributed by atoms with E-state index in [1.807, 2.05) is 41.5 Å². The van der Waals surface area contributed by atoms with Crippen LogP contribution < -0.4 is 15.3 Å². The zero-order valence-electron chi connectivity index (χ0n) is 38.2. The molecule has 0 fully saturated rings. The van der Waals surface area contributed by atoms with Gasteiger partial charge in [0.25, 0.3) is 0 Å². The molecule has 0 spiro atoms. The van der Waals surface area contributed by atoms with Gasteiger partial charge in [0.2, 0.25) is 0 Å². The maximum absolute atomic E-state index is 11.6. The first kappa shape index (κ1) is 45.2. The Hall–Kier alpha value is -5.37. The summed E-state index contributed by atoms with van der Waals surface area (Å²) in [5.74, 6) is 0.768. The quantitative estimate of drug-likeness (QED) is 0.0904. The van der Waals surface area contributed by atoms with Gasteiger partial charge in [-0.2, -0.15) is 4.28 Å². The molecule has 5 aromatic carbocycles. The van der Waals surface area contributed by atoms with Crippen LogP contribution in [0.5, 0.6) is 5.75 Å². The van der Waals surface area contributed by atoms with Gasteiger partial charge >= 0.3 is 0 Å². The van der Waals surface area contributed by atoms with Crippen LogP contribution in [0.15, 0.2) is 161 Å². The molecule has 0 atom stereocenters. The van der Waals surface area contributed by atoms with Gasteiger partial charge in [0.05, 0.1) is 23.4 Å². The molecule has 0 unspecified atom stereocenters. The number of rotatable bonds is 11. The Morgan fingerprint density at radius 1 is 0.590 bits per heavy atom. The van der Waals surface area contributed by atoms with Gasteiger partial charge < -0.3 is 20.4 Å². The maximum atomic E-state index is 11.6. The van der Waals surface area contributed by atoms with Crippen LogP contribution in [-0.4, -0.2) is 10.2 Å². The number of aliphatic hydroxyl groups excluding tert-OH is 1. The Balaban J connectivity index is 1.20. The van der Waals surface area contributed by atoms with Crippen LogP contribution in [0.1, 0.15) is 106 Å². The predicted molar refractivity (Wildman–Crippen MR) is 259 cm³/mol. The van der Waals surface area contributed by atoms with E-state index in [9.17, 15) is 10.2 Å². The summed E-state index contributed by atoms with van der Waals surface area (Å²) in [7, 11) is 0. The fourth-order valence-corrected chi connectivity index (χ4v) is 8.11. The van der Waals surface area contributed by atoms with Crippen LogP contribution in [0.25, 0.3) is 0 Å². The van der Waals surface area contributed by atoms with Crippen molar-refractivity contribution in [2.75, 3.05) is 15.3 Å². The fourth-order valence-electron chi connectivity index (χ4n) is 7.53. The Morgan fingerprint density at radius 2 is 1.08 bits per heavy atom. The summed E-state index contributed by atoms with van der Waals surface area (Å²) in [6.07, 6.45) is 4.83. The number of phenols is 1. The molecule has 0 heterocycles. The molecule has 0 bridgehead atoms. The smallest absolute Gasteiger partial charge is 0.123 e. The van der Waals surface area contributed by atoms with Gasteiger partial charge in [-0.15, -0.1) is 0 Å². The van der Waals surface area contributed by atoms with Crippen molar-refractivity contribution in [3.8, 4) is 5.75 Å². The Morgan fingerprint density at radius 3 is 1.57 bits per heavy atom. The normalized spacial score (nSPS) is 14.0. The number of para-hydroxylation sites is 2. The molecule has 3 N–H and O–H groups in total. The number of phenolic OH excluding ortho intramolecular Hbond substituents is 1. The molecule has 61 heavy (non-hydrogen) atoms. The Labute approximate surface area is 369 Å². The topological polar surface area (TPSA) is 68.2 Å². The summed E-state index contributed by atoms with van der Waals surface area (Å²) >= 11 is 1.30. The fraction of sp³-hybridized carbons (Fsp3) is 0.333. The number of hydroxylamine groups is 1. The average Bonchev–Trinajstić information content (AvgIpc) is 3.37. The third kappa shape index (κ3) is 11.1. The van der Waals surface area contributed by atoms with Crippen LogP contribution in [-0.2, 0) is 21.7 Å². The lowest BCUT2D eigenvalue weighted by Gasteiger charge is -2.30. The maximum Gasteiger partial charge on any atom is 0.123 e. The third-order valence-electron chi connectivity index (χ3n) is 11.0. The number of benzene rings is 5. The molecule has 5 aromatic rings. The highest BCUT2D eigenvalue weighted by atomic mass is 32.2. The van der Waals surface area contributed by atoms with E-state index in [4.69, 9.17) is 4.28 Å². The van der Waals surface area contributed by atoms with Crippen LogP contribution in [0, 0.1) is 10.8 Å². The third-order valence-corrected chi connectivity index (χ3v) is 11.7. The number of anilines is 5. The first-order valence-corrected chi connectivity index (χ1v) is 22.1. The zero-order valence-corrected chi connectivity index (χ0v) is 39.0. The summed E-state index contributed by atoms with van der Waals surface area (Å²) in [5, 5.41) is 28.4. The monoisotopic (exact) mass is 835 g/mol. The second-order valence-corrected chi connectivity index (χ2v) is 21.0. The molecule has 1 aliphatic carbocycles. The largest absolute Gasteiger partial charge is 0.508 e. The lowest BCUT2D eigenvalue weighted by atomic mass is 9.78. The first-order valence-electron chi connectivity index (χ1n) is 21.3. The molecule has 6 nitrogen and oxygen atoms in total. The summed E-state index contributed by atoms with van der Waals surface area (Å²) in [6, 6.07) is 41.7. The van der Waals surface area contributed by atoms with Crippen LogP contribution in [0.4, 0.5) is 28.4 Å². The van der Waals surface area contributed by atoms with Crippen molar-refractivity contribution in [3.63, 3.8) is 0 Å². The van der Waals surface area contributed by atoms with Crippen molar-refractivity contribution in [1.29, 1.82) is 0 Å². The van der Waals surface area contributed by atoms with Crippen molar-refractivity contribution in [3.05, 3.63) is 173 Å². The molecule has 0 saturated heterocycles. The van der Waals surface area contributed by atoms with E-state index in [1.54, 1.807) is 0 Å². The first-order chi connectivity index (χ1) is 28.6. The molecule has 0 radical (unpaired) electrons. The van der Waals surface area contributed by atoms with Crippen molar-refractivity contribution in [2.24, 2.45) is 10.8 Å². The highest BCUT2D eigenvalue weighted by molar-refractivity contribution is 7.94. The summed E-state index contributed by atoms with van der Waals surface area (Å²) < 4.78 is 6.55. The molecule has 0 saturated carbocycles. The minimum Gasteiger partial charge on any atom is -0.508 e. The number of hydrogen-bond donors (Lipinski definition) is 3. The van der Waals surface area contributed by atoms with Gasteiger partial charge in [0.15, 0.2) is 0 Å². The summed E-state index contributed by atoms with van der Waals surface area (Å²) in [6.45, 7) is 26.4. The van der Waals surface area contributed by atoms with Gasteiger partial charge in [-0.1, -0.05) is 126 Å². The minimum absolute atomic E-state index is 0.198.